The summed E-state index contributed by atoms with van der Waals surface area (Å²) in [5.74, 6) is 0.525. The third kappa shape index (κ3) is 6.01. The molecule has 0 radical (unpaired) electrons. The van der Waals surface area contributed by atoms with E-state index in [2.05, 4.69) is 5.32 Å². The van der Waals surface area contributed by atoms with Crippen LogP contribution in [-0.4, -0.2) is 54.8 Å². The normalized spacial score (nSPS) is 23.4. The summed E-state index contributed by atoms with van der Waals surface area (Å²) in [6.45, 7) is 7.77. The fraction of sp³-hybridized carbons (Fsp3) is 0.882. The molecule has 0 aliphatic carbocycles. The SMILES string of the molecule is CC(C)(C)OC(=O)NCC(=O)N1CCC(C2CCCCO2)CC1. The van der Waals surface area contributed by atoms with E-state index in [1.54, 1.807) is 20.8 Å². The molecule has 2 heterocycles. The number of ether oxygens (including phenoxy) is 2. The fourth-order valence-corrected chi connectivity index (χ4v) is 3.23. The van der Waals surface area contributed by atoms with Crippen molar-refractivity contribution >= 4 is 12.0 Å². The molecule has 6 nitrogen and oxygen atoms in total. The smallest absolute Gasteiger partial charge is 0.408 e. The van der Waals surface area contributed by atoms with Gasteiger partial charge >= 0.3 is 6.09 Å². The van der Waals surface area contributed by atoms with Crippen LogP contribution in [0.2, 0.25) is 0 Å². The Kier molecular flexibility index (Phi) is 6.27. The van der Waals surface area contributed by atoms with Gasteiger partial charge in [-0.1, -0.05) is 0 Å². The van der Waals surface area contributed by atoms with Gasteiger partial charge in [0.2, 0.25) is 5.91 Å². The number of alkyl carbamates (subject to hydrolysis) is 1. The molecule has 0 saturated carbocycles. The number of hydrogen-bond donors (Lipinski definition) is 1. The average Bonchev–Trinajstić information content (AvgIpc) is 2.52. The Morgan fingerprint density at radius 1 is 1.17 bits per heavy atom. The van der Waals surface area contributed by atoms with E-state index in [0.717, 1.165) is 39.0 Å². The van der Waals surface area contributed by atoms with E-state index in [1.165, 1.54) is 12.8 Å². The number of nitrogens with one attached hydrogen (secondary N) is 1. The first-order valence-corrected chi connectivity index (χ1v) is 8.71. The Bertz CT molecular complexity index is 405. The Balaban J connectivity index is 1.68. The van der Waals surface area contributed by atoms with Crippen molar-refractivity contribution in [3.8, 4) is 0 Å². The van der Waals surface area contributed by atoms with Crippen LogP contribution < -0.4 is 5.32 Å². The molecule has 132 valence electrons. The van der Waals surface area contributed by atoms with Crippen molar-refractivity contribution in [1.82, 2.24) is 10.2 Å². The Morgan fingerprint density at radius 2 is 1.87 bits per heavy atom. The monoisotopic (exact) mass is 326 g/mol. The zero-order valence-corrected chi connectivity index (χ0v) is 14.6. The first-order valence-electron chi connectivity index (χ1n) is 8.71. The molecule has 1 atom stereocenters. The second-order valence-electron chi connectivity index (χ2n) is 7.48. The van der Waals surface area contributed by atoms with Crippen molar-refractivity contribution in [3.05, 3.63) is 0 Å². The van der Waals surface area contributed by atoms with E-state index in [-0.39, 0.29) is 12.5 Å². The molecule has 2 amide bonds. The molecular formula is C17H30N2O4. The summed E-state index contributed by atoms with van der Waals surface area (Å²) in [5, 5.41) is 2.53. The molecule has 2 rings (SSSR count). The van der Waals surface area contributed by atoms with Crippen molar-refractivity contribution in [3.63, 3.8) is 0 Å². The highest BCUT2D eigenvalue weighted by atomic mass is 16.6. The van der Waals surface area contributed by atoms with Crippen molar-refractivity contribution < 1.29 is 19.1 Å². The molecule has 0 aromatic heterocycles. The zero-order chi connectivity index (χ0) is 16.9. The number of piperidine rings is 1. The van der Waals surface area contributed by atoms with E-state index >= 15 is 0 Å². The van der Waals surface area contributed by atoms with Gasteiger partial charge in [-0.15, -0.1) is 0 Å². The molecule has 0 spiro atoms. The van der Waals surface area contributed by atoms with Gasteiger partial charge in [-0.2, -0.15) is 0 Å². The molecule has 0 bridgehead atoms. The van der Waals surface area contributed by atoms with Crippen LogP contribution in [0.1, 0.15) is 52.9 Å². The molecule has 0 aromatic carbocycles. The van der Waals surface area contributed by atoms with E-state index in [4.69, 9.17) is 9.47 Å². The van der Waals surface area contributed by atoms with Gasteiger partial charge in [0.05, 0.1) is 6.10 Å². The standard InChI is InChI=1S/C17H30N2O4/c1-17(2,3)23-16(21)18-12-15(20)19-9-7-13(8-10-19)14-6-4-5-11-22-14/h13-14H,4-12H2,1-3H3,(H,18,21). The Hall–Kier alpha value is -1.30. The maximum absolute atomic E-state index is 12.2. The van der Waals surface area contributed by atoms with Gasteiger partial charge in [0.1, 0.15) is 12.1 Å². The van der Waals surface area contributed by atoms with Crippen LogP contribution in [-0.2, 0) is 14.3 Å². The molecule has 2 fully saturated rings. The Morgan fingerprint density at radius 3 is 2.43 bits per heavy atom. The van der Waals surface area contributed by atoms with Gasteiger partial charge in [-0.05, 0) is 58.8 Å². The number of amides is 2. The average molecular weight is 326 g/mol. The number of carbonyl (C=O) groups excluding carboxylic acids is 2. The number of nitrogens with zero attached hydrogens (tertiary/aromatic N) is 1. The van der Waals surface area contributed by atoms with Crippen LogP contribution in [0.4, 0.5) is 4.79 Å². The first kappa shape index (κ1) is 18.0. The third-order valence-corrected chi connectivity index (χ3v) is 4.42. The van der Waals surface area contributed by atoms with Gasteiger partial charge in [-0.25, -0.2) is 4.79 Å². The molecule has 1 unspecified atom stereocenters. The predicted octanol–water partition coefficient (Wildman–Crippen LogP) is 2.32. The van der Waals surface area contributed by atoms with Gasteiger partial charge < -0.3 is 19.7 Å². The molecule has 1 N–H and O–H groups in total. The van der Waals surface area contributed by atoms with Gasteiger partial charge in [0.15, 0.2) is 0 Å². The highest BCUT2D eigenvalue weighted by Gasteiger charge is 2.30. The highest BCUT2D eigenvalue weighted by Crippen LogP contribution is 2.28. The van der Waals surface area contributed by atoms with E-state index < -0.39 is 11.7 Å². The second kappa shape index (κ2) is 7.99. The minimum Gasteiger partial charge on any atom is -0.444 e. The summed E-state index contributed by atoms with van der Waals surface area (Å²) in [7, 11) is 0. The minimum atomic E-state index is -0.550. The second-order valence-corrected chi connectivity index (χ2v) is 7.48. The molecule has 0 aromatic rings. The maximum Gasteiger partial charge on any atom is 0.408 e. The van der Waals surface area contributed by atoms with Crippen LogP contribution in [0, 0.1) is 5.92 Å². The molecule has 23 heavy (non-hydrogen) atoms. The lowest BCUT2D eigenvalue weighted by Gasteiger charge is -2.37. The molecular weight excluding hydrogens is 296 g/mol. The van der Waals surface area contributed by atoms with Crippen molar-refractivity contribution in [2.45, 2.75) is 64.6 Å². The number of likely N-dealkylation sites (tertiary alicyclic amines) is 1. The third-order valence-electron chi connectivity index (χ3n) is 4.42. The van der Waals surface area contributed by atoms with Crippen LogP contribution >= 0.6 is 0 Å². The van der Waals surface area contributed by atoms with Crippen molar-refractivity contribution in [2.24, 2.45) is 5.92 Å². The first-order chi connectivity index (χ1) is 10.8. The van der Waals surface area contributed by atoms with Crippen LogP contribution in [0.25, 0.3) is 0 Å². The topological polar surface area (TPSA) is 67.9 Å². The number of carbonyl (C=O) groups is 2. The van der Waals surface area contributed by atoms with Crippen molar-refractivity contribution in [2.75, 3.05) is 26.2 Å². The quantitative estimate of drug-likeness (QED) is 0.864. The summed E-state index contributed by atoms with van der Waals surface area (Å²) in [6, 6.07) is 0. The van der Waals surface area contributed by atoms with Crippen molar-refractivity contribution in [1.29, 1.82) is 0 Å². The van der Waals surface area contributed by atoms with Crippen LogP contribution in [0.15, 0.2) is 0 Å². The summed E-state index contributed by atoms with van der Waals surface area (Å²) < 4.78 is 11.0. The summed E-state index contributed by atoms with van der Waals surface area (Å²) >= 11 is 0. The van der Waals surface area contributed by atoms with Gasteiger partial charge in [-0.3, -0.25) is 4.79 Å². The molecule has 2 aliphatic heterocycles. The predicted molar refractivity (Wildman–Crippen MR) is 87.1 cm³/mol. The van der Waals surface area contributed by atoms with Gasteiger partial charge in [0.25, 0.3) is 0 Å². The molecule has 6 heteroatoms. The van der Waals surface area contributed by atoms with Crippen LogP contribution in [0.3, 0.4) is 0 Å². The van der Waals surface area contributed by atoms with E-state index in [0.29, 0.717) is 12.0 Å². The number of rotatable bonds is 3. The zero-order valence-electron chi connectivity index (χ0n) is 14.6. The lowest BCUT2D eigenvalue weighted by Crippen LogP contribution is -2.46. The largest absolute Gasteiger partial charge is 0.444 e. The maximum atomic E-state index is 12.2. The summed E-state index contributed by atoms with van der Waals surface area (Å²) in [5.41, 5.74) is -0.550. The molecule has 2 saturated heterocycles. The fourth-order valence-electron chi connectivity index (χ4n) is 3.23. The minimum absolute atomic E-state index is 0.000488. The molecule has 2 aliphatic rings. The van der Waals surface area contributed by atoms with Gasteiger partial charge in [0, 0.05) is 19.7 Å². The summed E-state index contributed by atoms with van der Waals surface area (Å²) in [6.07, 6.45) is 5.38. The number of hydrogen-bond acceptors (Lipinski definition) is 4. The highest BCUT2D eigenvalue weighted by molar-refractivity contribution is 5.82. The Labute approximate surface area is 138 Å². The lowest BCUT2D eigenvalue weighted by atomic mass is 9.87. The van der Waals surface area contributed by atoms with E-state index in [9.17, 15) is 9.59 Å². The lowest BCUT2D eigenvalue weighted by molar-refractivity contribution is -0.132. The van der Waals surface area contributed by atoms with Crippen LogP contribution in [0.5, 0.6) is 0 Å². The van der Waals surface area contributed by atoms with E-state index in [1.807, 2.05) is 4.90 Å². The summed E-state index contributed by atoms with van der Waals surface area (Å²) in [4.78, 5) is 25.6.